The van der Waals surface area contributed by atoms with Gasteiger partial charge in [-0.3, -0.25) is 0 Å². The van der Waals surface area contributed by atoms with Crippen molar-refractivity contribution in [3.8, 4) is 5.75 Å². The molecule has 1 aromatic carbocycles. The second kappa shape index (κ2) is 13.7. The van der Waals surface area contributed by atoms with Gasteiger partial charge in [-0.25, -0.2) is 4.79 Å². The first kappa shape index (κ1) is 22.5. The van der Waals surface area contributed by atoms with E-state index >= 15 is 0 Å². The molecule has 0 bridgehead atoms. The van der Waals surface area contributed by atoms with Crippen LogP contribution >= 0.6 is 0 Å². The van der Waals surface area contributed by atoms with Gasteiger partial charge < -0.3 is 9.47 Å². The number of ether oxygens (including phenoxy) is 2. The molecular formula is C23H38O3. The minimum absolute atomic E-state index is 0.0292. The maximum Gasteiger partial charge on any atom is 0.338 e. The van der Waals surface area contributed by atoms with Crippen LogP contribution in [-0.2, 0) is 4.74 Å². The quantitative estimate of drug-likeness (QED) is 0.265. The lowest BCUT2D eigenvalue weighted by Gasteiger charge is -2.15. The average molecular weight is 363 g/mol. The minimum Gasteiger partial charge on any atom is -0.491 e. The van der Waals surface area contributed by atoms with Crippen LogP contribution in [0, 0.1) is 0 Å². The lowest BCUT2D eigenvalue weighted by atomic mass is 10.1. The standard InChI is InChI=1S/C23H38O3/c1-5-7-9-11-13-19(3)25-22-17-15-21(16-18-22)23(24)26-20(4)14-12-10-8-6-2/h15-20H,5-14H2,1-4H3. The van der Waals surface area contributed by atoms with Crippen molar-refractivity contribution in [2.75, 3.05) is 0 Å². The molecule has 0 aliphatic carbocycles. The zero-order valence-electron chi connectivity index (χ0n) is 17.3. The predicted molar refractivity (Wildman–Crippen MR) is 109 cm³/mol. The van der Waals surface area contributed by atoms with E-state index in [-0.39, 0.29) is 18.2 Å². The SMILES string of the molecule is CCCCCCC(C)OC(=O)c1ccc(OC(C)CCCCCC)cc1. The first-order valence-corrected chi connectivity index (χ1v) is 10.5. The molecular weight excluding hydrogens is 324 g/mol. The van der Waals surface area contributed by atoms with Crippen LogP contribution in [0.3, 0.4) is 0 Å². The van der Waals surface area contributed by atoms with E-state index in [4.69, 9.17) is 9.47 Å². The second-order valence-electron chi connectivity index (χ2n) is 7.37. The van der Waals surface area contributed by atoms with Crippen LogP contribution in [-0.4, -0.2) is 18.2 Å². The summed E-state index contributed by atoms with van der Waals surface area (Å²) < 4.78 is 11.5. The number of esters is 1. The summed E-state index contributed by atoms with van der Waals surface area (Å²) in [5, 5.41) is 0. The Bertz CT molecular complexity index is 481. The maximum absolute atomic E-state index is 12.2. The Morgan fingerprint density at radius 1 is 0.808 bits per heavy atom. The largest absolute Gasteiger partial charge is 0.491 e. The zero-order valence-corrected chi connectivity index (χ0v) is 17.3. The molecule has 0 N–H and O–H groups in total. The highest BCUT2D eigenvalue weighted by atomic mass is 16.5. The van der Waals surface area contributed by atoms with Crippen LogP contribution in [0.25, 0.3) is 0 Å². The molecule has 1 rings (SSSR count). The average Bonchev–Trinajstić information content (AvgIpc) is 2.63. The highest BCUT2D eigenvalue weighted by molar-refractivity contribution is 5.89. The normalized spacial score (nSPS) is 13.2. The van der Waals surface area contributed by atoms with Gasteiger partial charge in [-0.05, 0) is 63.8 Å². The number of rotatable bonds is 14. The van der Waals surface area contributed by atoms with E-state index in [0.717, 1.165) is 25.0 Å². The van der Waals surface area contributed by atoms with Crippen molar-refractivity contribution in [2.45, 2.75) is 104 Å². The van der Waals surface area contributed by atoms with Crippen molar-refractivity contribution in [1.82, 2.24) is 0 Å². The van der Waals surface area contributed by atoms with E-state index in [1.165, 1.54) is 44.9 Å². The summed E-state index contributed by atoms with van der Waals surface area (Å²) >= 11 is 0. The molecule has 0 amide bonds. The molecule has 148 valence electrons. The number of hydrogen-bond acceptors (Lipinski definition) is 3. The molecule has 0 aromatic heterocycles. The van der Waals surface area contributed by atoms with Crippen LogP contribution in [0.4, 0.5) is 0 Å². The molecule has 2 atom stereocenters. The molecule has 0 aliphatic rings. The van der Waals surface area contributed by atoms with Crippen LogP contribution in [0.15, 0.2) is 24.3 Å². The Balaban J connectivity index is 2.35. The number of carbonyl (C=O) groups excluding carboxylic acids is 1. The predicted octanol–water partition coefficient (Wildman–Crippen LogP) is 6.94. The van der Waals surface area contributed by atoms with Crippen molar-refractivity contribution in [3.05, 3.63) is 29.8 Å². The zero-order chi connectivity index (χ0) is 19.2. The van der Waals surface area contributed by atoms with Gasteiger partial charge in [0.2, 0.25) is 0 Å². The summed E-state index contributed by atoms with van der Waals surface area (Å²) in [5.41, 5.74) is 0.591. The van der Waals surface area contributed by atoms with Gasteiger partial charge in [-0.2, -0.15) is 0 Å². The van der Waals surface area contributed by atoms with Crippen molar-refractivity contribution < 1.29 is 14.3 Å². The minimum atomic E-state index is -0.243. The third-order valence-corrected chi connectivity index (χ3v) is 4.66. The van der Waals surface area contributed by atoms with Gasteiger partial charge in [-0.15, -0.1) is 0 Å². The molecule has 0 fully saturated rings. The van der Waals surface area contributed by atoms with Crippen molar-refractivity contribution in [2.24, 2.45) is 0 Å². The fourth-order valence-electron chi connectivity index (χ4n) is 2.99. The first-order valence-electron chi connectivity index (χ1n) is 10.5. The Labute approximate surface area is 160 Å². The summed E-state index contributed by atoms with van der Waals surface area (Å²) in [6, 6.07) is 7.33. The third-order valence-electron chi connectivity index (χ3n) is 4.66. The van der Waals surface area contributed by atoms with Gasteiger partial charge in [0.05, 0.1) is 17.8 Å². The Kier molecular flexibility index (Phi) is 11.8. The van der Waals surface area contributed by atoms with E-state index < -0.39 is 0 Å². The van der Waals surface area contributed by atoms with Crippen molar-refractivity contribution in [3.63, 3.8) is 0 Å². The highest BCUT2D eigenvalue weighted by Crippen LogP contribution is 2.18. The van der Waals surface area contributed by atoms with Gasteiger partial charge in [0.25, 0.3) is 0 Å². The van der Waals surface area contributed by atoms with Crippen LogP contribution in [0.2, 0.25) is 0 Å². The summed E-state index contributed by atoms with van der Waals surface area (Å²) in [5.74, 6) is 0.573. The Hall–Kier alpha value is -1.51. The molecule has 3 nitrogen and oxygen atoms in total. The molecule has 0 saturated carbocycles. The number of hydrogen-bond donors (Lipinski definition) is 0. The van der Waals surface area contributed by atoms with Crippen LogP contribution in [0.5, 0.6) is 5.75 Å². The summed E-state index contributed by atoms with van der Waals surface area (Å²) in [7, 11) is 0. The lowest BCUT2D eigenvalue weighted by Crippen LogP contribution is -2.15. The molecule has 26 heavy (non-hydrogen) atoms. The monoisotopic (exact) mass is 362 g/mol. The van der Waals surface area contributed by atoms with Crippen molar-refractivity contribution in [1.29, 1.82) is 0 Å². The molecule has 2 unspecified atom stereocenters. The fraction of sp³-hybridized carbons (Fsp3) is 0.696. The van der Waals surface area contributed by atoms with E-state index in [0.29, 0.717) is 5.56 Å². The molecule has 0 radical (unpaired) electrons. The van der Waals surface area contributed by atoms with E-state index in [9.17, 15) is 4.79 Å². The van der Waals surface area contributed by atoms with E-state index in [1.54, 1.807) is 12.1 Å². The van der Waals surface area contributed by atoms with Crippen molar-refractivity contribution >= 4 is 5.97 Å². The fourth-order valence-corrected chi connectivity index (χ4v) is 2.99. The maximum atomic E-state index is 12.2. The molecule has 0 saturated heterocycles. The van der Waals surface area contributed by atoms with E-state index in [1.807, 2.05) is 19.1 Å². The highest BCUT2D eigenvalue weighted by Gasteiger charge is 2.12. The molecule has 1 aromatic rings. The summed E-state index contributed by atoms with van der Waals surface area (Å²) in [4.78, 5) is 12.2. The summed E-state index contributed by atoms with van der Waals surface area (Å²) in [6.45, 7) is 8.50. The van der Waals surface area contributed by atoms with Gasteiger partial charge in [0.15, 0.2) is 0 Å². The van der Waals surface area contributed by atoms with Crippen LogP contribution in [0.1, 0.15) is 102 Å². The smallest absolute Gasteiger partial charge is 0.338 e. The molecule has 0 aliphatic heterocycles. The van der Waals surface area contributed by atoms with Gasteiger partial charge >= 0.3 is 5.97 Å². The number of unbranched alkanes of at least 4 members (excludes halogenated alkanes) is 6. The third kappa shape index (κ3) is 9.84. The van der Waals surface area contributed by atoms with Gasteiger partial charge in [0.1, 0.15) is 5.75 Å². The molecule has 3 heteroatoms. The van der Waals surface area contributed by atoms with Gasteiger partial charge in [0, 0.05) is 0 Å². The first-order chi connectivity index (χ1) is 12.6. The Morgan fingerprint density at radius 2 is 1.35 bits per heavy atom. The molecule has 0 spiro atoms. The lowest BCUT2D eigenvalue weighted by molar-refractivity contribution is 0.0319. The topological polar surface area (TPSA) is 35.5 Å². The van der Waals surface area contributed by atoms with Crippen LogP contribution < -0.4 is 4.74 Å². The molecule has 0 heterocycles. The Morgan fingerprint density at radius 3 is 1.88 bits per heavy atom. The number of benzene rings is 1. The second-order valence-corrected chi connectivity index (χ2v) is 7.37. The number of carbonyl (C=O) groups is 1. The van der Waals surface area contributed by atoms with Gasteiger partial charge in [-0.1, -0.05) is 52.4 Å². The van der Waals surface area contributed by atoms with E-state index in [2.05, 4.69) is 20.8 Å². The summed E-state index contributed by atoms with van der Waals surface area (Å²) in [6.07, 6.45) is 12.0.